The highest BCUT2D eigenvalue weighted by molar-refractivity contribution is 5.75. The van der Waals surface area contributed by atoms with E-state index in [9.17, 15) is 4.79 Å². The molecule has 0 aromatic rings. The first-order chi connectivity index (χ1) is 5.79. The molecule has 1 rings (SSSR count). The number of azide groups is 1. The topological polar surface area (TPSA) is 78.3 Å². The summed E-state index contributed by atoms with van der Waals surface area (Å²) in [5, 5.41) is 4.81. The Labute approximate surface area is 69.7 Å². The molecule has 12 heavy (non-hydrogen) atoms. The van der Waals surface area contributed by atoms with Crippen molar-refractivity contribution in [2.75, 3.05) is 13.7 Å². The lowest BCUT2D eigenvalue weighted by atomic mass is 10.2. The van der Waals surface area contributed by atoms with Gasteiger partial charge in [0.2, 0.25) is 0 Å². The largest absolute Gasteiger partial charge is 0.466 e. The molecule has 66 valence electrons. The summed E-state index contributed by atoms with van der Waals surface area (Å²) in [5.41, 5.74) is 8.16. The van der Waals surface area contributed by atoms with Gasteiger partial charge in [-0.15, -0.1) is 5.53 Å². The lowest BCUT2D eigenvalue weighted by Crippen LogP contribution is -2.32. The van der Waals surface area contributed by atoms with E-state index in [2.05, 4.69) is 14.9 Å². The average molecular weight is 170 g/mol. The van der Waals surface area contributed by atoms with Crippen molar-refractivity contribution in [3.05, 3.63) is 10.4 Å². The number of esters is 1. The van der Waals surface area contributed by atoms with Gasteiger partial charge in [0.15, 0.2) is 6.04 Å². The summed E-state index contributed by atoms with van der Waals surface area (Å²) in [5.74, 6) is -0.333. The highest BCUT2D eigenvalue weighted by atomic mass is 16.5. The molecule has 0 saturated carbocycles. The average Bonchev–Trinajstić information content (AvgIpc) is 2.52. The summed E-state index contributed by atoms with van der Waals surface area (Å²) in [6.07, 6.45) is 1.56. The summed E-state index contributed by atoms with van der Waals surface area (Å²) in [6.45, 7) is 0.629. The smallest absolute Gasteiger partial charge is 0.351 e. The van der Waals surface area contributed by atoms with Crippen LogP contribution in [0.2, 0.25) is 0 Å². The van der Waals surface area contributed by atoms with Crippen LogP contribution in [0.4, 0.5) is 0 Å². The zero-order valence-corrected chi connectivity index (χ0v) is 6.80. The summed E-state index contributed by atoms with van der Waals surface area (Å²) < 4.78 is 4.55. The molecule has 0 aliphatic carbocycles. The molecule has 0 bridgehead atoms. The minimum Gasteiger partial charge on any atom is -0.466 e. The van der Waals surface area contributed by atoms with E-state index in [1.807, 2.05) is 0 Å². The Bertz CT molecular complexity index is 224. The van der Waals surface area contributed by atoms with E-state index < -0.39 is 0 Å². The van der Waals surface area contributed by atoms with Crippen molar-refractivity contribution in [3.63, 3.8) is 0 Å². The molecule has 0 aromatic carbocycles. The molecule has 1 aliphatic heterocycles. The molecule has 1 fully saturated rings. The Kier molecular flexibility index (Phi) is 2.76. The number of hydrogen-bond donors (Lipinski definition) is 0. The zero-order chi connectivity index (χ0) is 8.97. The maximum absolute atomic E-state index is 11.1. The van der Waals surface area contributed by atoms with Crippen LogP contribution in [0.1, 0.15) is 12.8 Å². The molecule has 0 N–H and O–H groups in total. The predicted molar refractivity (Wildman–Crippen MR) is 40.9 cm³/mol. The predicted octanol–water partition coefficient (Wildman–Crippen LogP) is 0.849. The fourth-order valence-corrected chi connectivity index (χ4v) is 1.29. The number of methoxy groups -OCH3 is 1. The first-order valence-electron chi connectivity index (χ1n) is 3.69. The Hall–Kier alpha value is -1.42. The standard InChI is InChI=1S/C6H10N4O2/c1-12-6(11)5-3-2-4-10(5)9-8-7/h5H,2-4H2,1H3/t5-/m0/s1. The van der Waals surface area contributed by atoms with Crippen molar-refractivity contribution in [1.82, 2.24) is 5.01 Å². The fraction of sp³-hybridized carbons (Fsp3) is 0.833. The lowest BCUT2D eigenvalue weighted by molar-refractivity contribution is -0.145. The highest BCUT2D eigenvalue weighted by Crippen LogP contribution is 2.18. The van der Waals surface area contributed by atoms with Crippen molar-refractivity contribution < 1.29 is 9.53 Å². The zero-order valence-electron chi connectivity index (χ0n) is 6.80. The Morgan fingerprint density at radius 1 is 1.83 bits per heavy atom. The molecule has 1 heterocycles. The molecule has 0 amide bonds. The van der Waals surface area contributed by atoms with E-state index in [1.54, 1.807) is 0 Å². The van der Waals surface area contributed by atoms with Gasteiger partial charge in [0.25, 0.3) is 0 Å². The minimum atomic E-state index is -0.383. The number of carbonyl (C=O) groups excluding carboxylic acids is 1. The normalized spacial score (nSPS) is 21.8. The molecular weight excluding hydrogens is 160 g/mol. The van der Waals surface area contributed by atoms with Crippen LogP contribution in [0.15, 0.2) is 5.22 Å². The van der Waals surface area contributed by atoms with Crippen LogP contribution in [0, 0.1) is 0 Å². The first kappa shape index (κ1) is 8.67. The SMILES string of the molecule is COC(=O)[C@@H]1CCCN1N=[N+]=[N-]. The molecule has 6 heteroatoms. The Morgan fingerprint density at radius 3 is 3.17 bits per heavy atom. The molecule has 0 radical (unpaired) electrons. The Morgan fingerprint density at radius 2 is 2.58 bits per heavy atom. The van der Waals surface area contributed by atoms with E-state index in [4.69, 9.17) is 5.53 Å². The summed E-state index contributed by atoms with van der Waals surface area (Å²) in [4.78, 5) is 13.7. The second-order valence-electron chi connectivity index (χ2n) is 2.52. The van der Waals surface area contributed by atoms with Gasteiger partial charge in [-0.3, -0.25) is 0 Å². The molecule has 1 saturated heterocycles. The summed E-state index contributed by atoms with van der Waals surface area (Å²) in [7, 11) is 1.33. The van der Waals surface area contributed by atoms with Crippen LogP contribution in [0.3, 0.4) is 0 Å². The van der Waals surface area contributed by atoms with Gasteiger partial charge in [-0.1, -0.05) is 0 Å². The van der Waals surface area contributed by atoms with E-state index in [0.29, 0.717) is 13.0 Å². The number of carbonyl (C=O) groups is 1. The fourth-order valence-electron chi connectivity index (χ4n) is 1.29. The molecule has 0 spiro atoms. The van der Waals surface area contributed by atoms with Gasteiger partial charge in [-0.2, -0.15) is 4.91 Å². The number of rotatable bonds is 2. The van der Waals surface area contributed by atoms with Crippen LogP contribution in [0.5, 0.6) is 0 Å². The van der Waals surface area contributed by atoms with Crippen molar-refractivity contribution in [2.24, 2.45) is 5.22 Å². The molecular formula is C6H10N4O2. The summed E-state index contributed by atoms with van der Waals surface area (Å²) in [6, 6.07) is -0.383. The van der Waals surface area contributed by atoms with Crippen molar-refractivity contribution in [2.45, 2.75) is 18.9 Å². The van der Waals surface area contributed by atoms with Crippen molar-refractivity contribution in [3.8, 4) is 0 Å². The van der Waals surface area contributed by atoms with Crippen LogP contribution >= 0.6 is 0 Å². The molecule has 1 aliphatic rings. The van der Waals surface area contributed by atoms with Gasteiger partial charge in [0.05, 0.1) is 13.7 Å². The number of nitrogens with zero attached hydrogens (tertiary/aromatic N) is 4. The van der Waals surface area contributed by atoms with Crippen LogP contribution in [0.25, 0.3) is 10.4 Å². The van der Waals surface area contributed by atoms with Crippen LogP contribution in [-0.2, 0) is 9.53 Å². The quantitative estimate of drug-likeness (QED) is 0.266. The summed E-state index contributed by atoms with van der Waals surface area (Å²) >= 11 is 0. The second-order valence-corrected chi connectivity index (χ2v) is 2.52. The Balaban J connectivity index is 2.63. The van der Waals surface area contributed by atoms with E-state index >= 15 is 0 Å². The molecule has 0 unspecified atom stereocenters. The van der Waals surface area contributed by atoms with Gasteiger partial charge < -0.3 is 4.74 Å². The monoisotopic (exact) mass is 170 g/mol. The first-order valence-corrected chi connectivity index (χ1v) is 3.69. The van der Waals surface area contributed by atoms with Gasteiger partial charge in [-0.25, -0.2) is 9.80 Å². The van der Waals surface area contributed by atoms with E-state index in [1.165, 1.54) is 12.1 Å². The van der Waals surface area contributed by atoms with Crippen LogP contribution < -0.4 is 0 Å². The molecule has 6 nitrogen and oxygen atoms in total. The van der Waals surface area contributed by atoms with Gasteiger partial charge in [0, 0.05) is 6.42 Å². The van der Waals surface area contributed by atoms with E-state index in [0.717, 1.165) is 6.42 Å². The molecule has 1 atom stereocenters. The molecule has 0 aromatic heterocycles. The maximum Gasteiger partial charge on any atom is 0.351 e. The van der Waals surface area contributed by atoms with Gasteiger partial charge in [0.1, 0.15) is 0 Å². The number of hydrogen-bond acceptors (Lipinski definition) is 3. The minimum absolute atomic E-state index is 0.333. The van der Waals surface area contributed by atoms with Gasteiger partial charge in [-0.05, 0) is 11.6 Å². The second kappa shape index (κ2) is 3.82. The van der Waals surface area contributed by atoms with Crippen molar-refractivity contribution >= 4 is 5.97 Å². The van der Waals surface area contributed by atoms with E-state index in [-0.39, 0.29) is 12.0 Å². The highest BCUT2D eigenvalue weighted by Gasteiger charge is 2.34. The van der Waals surface area contributed by atoms with Crippen LogP contribution in [-0.4, -0.2) is 30.7 Å². The maximum atomic E-state index is 11.1. The van der Waals surface area contributed by atoms with Crippen molar-refractivity contribution in [1.29, 1.82) is 0 Å². The van der Waals surface area contributed by atoms with Gasteiger partial charge >= 0.3 is 5.97 Å². The third-order valence-corrected chi connectivity index (χ3v) is 1.85. The third-order valence-electron chi connectivity index (χ3n) is 1.85. The number of ether oxygens (including phenoxy) is 1. The lowest BCUT2D eigenvalue weighted by Gasteiger charge is -2.12. The third kappa shape index (κ3) is 1.60.